The van der Waals surface area contributed by atoms with Gasteiger partial charge in [0.1, 0.15) is 16.7 Å². The molecule has 0 fully saturated rings. The number of aryl methyl sites for hydroxylation is 1. The molecule has 0 amide bonds. The molecule has 94 valence electrons. The van der Waals surface area contributed by atoms with Crippen LogP contribution in [-0.2, 0) is 0 Å². The predicted molar refractivity (Wildman–Crippen MR) is 65.1 cm³/mol. The van der Waals surface area contributed by atoms with E-state index < -0.39 is 11.6 Å². The van der Waals surface area contributed by atoms with Crippen LogP contribution in [0, 0.1) is 18.6 Å². The van der Waals surface area contributed by atoms with Crippen LogP contribution in [0.5, 0.6) is 0 Å². The van der Waals surface area contributed by atoms with Gasteiger partial charge in [-0.1, -0.05) is 11.8 Å². The molecule has 0 aliphatic carbocycles. The fraction of sp³-hybridized carbons (Fsp3) is 0.0909. The van der Waals surface area contributed by atoms with Gasteiger partial charge in [0.2, 0.25) is 0 Å². The van der Waals surface area contributed by atoms with Crippen LogP contribution in [0.1, 0.15) is 5.82 Å². The Labute approximate surface area is 107 Å². The van der Waals surface area contributed by atoms with E-state index >= 15 is 0 Å². The van der Waals surface area contributed by atoms with Gasteiger partial charge >= 0.3 is 0 Å². The third-order valence-corrected chi connectivity index (χ3v) is 2.98. The SMILES string of the molecule is Cc1nc(NN)cc(Sc2ccc(F)c(F)c2)n1. The Morgan fingerprint density at radius 3 is 2.61 bits per heavy atom. The zero-order valence-electron chi connectivity index (χ0n) is 9.45. The molecular weight excluding hydrogens is 258 g/mol. The Hall–Kier alpha value is -1.73. The van der Waals surface area contributed by atoms with Gasteiger partial charge < -0.3 is 5.43 Å². The number of rotatable bonds is 3. The first kappa shape index (κ1) is 12.7. The van der Waals surface area contributed by atoms with E-state index in [2.05, 4.69) is 15.4 Å². The highest BCUT2D eigenvalue weighted by Crippen LogP contribution is 2.28. The molecule has 2 rings (SSSR count). The van der Waals surface area contributed by atoms with E-state index in [1.165, 1.54) is 17.8 Å². The van der Waals surface area contributed by atoms with Gasteiger partial charge in [-0.15, -0.1) is 0 Å². The van der Waals surface area contributed by atoms with Crippen molar-refractivity contribution in [2.24, 2.45) is 5.84 Å². The molecule has 0 aliphatic rings. The smallest absolute Gasteiger partial charge is 0.159 e. The highest BCUT2D eigenvalue weighted by Gasteiger charge is 2.06. The lowest BCUT2D eigenvalue weighted by molar-refractivity contribution is 0.506. The van der Waals surface area contributed by atoms with E-state index in [1.807, 2.05) is 0 Å². The Balaban J connectivity index is 2.27. The molecule has 7 heteroatoms. The van der Waals surface area contributed by atoms with Gasteiger partial charge in [0.25, 0.3) is 0 Å². The quantitative estimate of drug-likeness (QED) is 0.508. The summed E-state index contributed by atoms with van der Waals surface area (Å²) in [7, 11) is 0. The summed E-state index contributed by atoms with van der Waals surface area (Å²) in [5.74, 6) is 4.51. The number of hydrazine groups is 1. The molecule has 0 unspecified atom stereocenters. The molecule has 0 radical (unpaired) electrons. The van der Waals surface area contributed by atoms with Crippen LogP contribution in [-0.4, -0.2) is 9.97 Å². The third-order valence-electron chi connectivity index (χ3n) is 2.08. The Morgan fingerprint density at radius 1 is 1.17 bits per heavy atom. The number of nitrogens with zero attached hydrogens (tertiary/aromatic N) is 2. The Morgan fingerprint density at radius 2 is 1.94 bits per heavy atom. The lowest BCUT2D eigenvalue weighted by Crippen LogP contribution is -2.09. The second-order valence-electron chi connectivity index (χ2n) is 3.46. The van der Waals surface area contributed by atoms with Crippen LogP contribution in [0.4, 0.5) is 14.6 Å². The maximum absolute atomic E-state index is 13.1. The van der Waals surface area contributed by atoms with Gasteiger partial charge in [-0.3, -0.25) is 0 Å². The molecule has 0 saturated carbocycles. The minimum atomic E-state index is -0.886. The lowest BCUT2D eigenvalue weighted by Gasteiger charge is -2.05. The topological polar surface area (TPSA) is 63.8 Å². The van der Waals surface area contributed by atoms with E-state index in [0.29, 0.717) is 21.6 Å². The highest BCUT2D eigenvalue weighted by atomic mass is 32.2. The minimum Gasteiger partial charge on any atom is -0.308 e. The van der Waals surface area contributed by atoms with Gasteiger partial charge in [-0.05, 0) is 25.1 Å². The van der Waals surface area contributed by atoms with Crippen molar-refractivity contribution >= 4 is 17.6 Å². The third kappa shape index (κ3) is 2.93. The molecule has 0 spiro atoms. The van der Waals surface area contributed by atoms with Crippen molar-refractivity contribution < 1.29 is 8.78 Å². The monoisotopic (exact) mass is 268 g/mol. The van der Waals surface area contributed by atoms with E-state index in [0.717, 1.165) is 12.1 Å². The van der Waals surface area contributed by atoms with Crippen molar-refractivity contribution in [3.8, 4) is 0 Å². The number of benzene rings is 1. The first-order valence-corrected chi connectivity index (χ1v) is 5.85. The highest BCUT2D eigenvalue weighted by molar-refractivity contribution is 7.99. The summed E-state index contributed by atoms with van der Waals surface area (Å²) in [6.45, 7) is 1.72. The van der Waals surface area contributed by atoms with Crippen LogP contribution in [0.3, 0.4) is 0 Å². The number of hydrogen-bond acceptors (Lipinski definition) is 5. The summed E-state index contributed by atoms with van der Waals surface area (Å²) in [6.07, 6.45) is 0. The molecular formula is C11H10F2N4S. The van der Waals surface area contributed by atoms with E-state index in [9.17, 15) is 8.78 Å². The fourth-order valence-electron chi connectivity index (χ4n) is 1.33. The van der Waals surface area contributed by atoms with Crippen molar-refractivity contribution in [1.29, 1.82) is 0 Å². The largest absolute Gasteiger partial charge is 0.308 e. The van der Waals surface area contributed by atoms with Crippen molar-refractivity contribution in [2.45, 2.75) is 16.8 Å². The standard InChI is InChI=1S/C11H10F2N4S/c1-6-15-10(17-14)5-11(16-6)18-7-2-3-8(12)9(13)4-7/h2-5H,14H2,1H3,(H,15,16,17). The molecule has 4 nitrogen and oxygen atoms in total. The van der Waals surface area contributed by atoms with Crippen LogP contribution in [0.2, 0.25) is 0 Å². The molecule has 3 N–H and O–H groups in total. The van der Waals surface area contributed by atoms with Crippen LogP contribution < -0.4 is 11.3 Å². The van der Waals surface area contributed by atoms with Gasteiger partial charge in [-0.25, -0.2) is 24.6 Å². The van der Waals surface area contributed by atoms with Gasteiger partial charge in [-0.2, -0.15) is 0 Å². The number of hydrogen-bond donors (Lipinski definition) is 2. The van der Waals surface area contributed by atoms with Crippen LogP contribution in [0.15, 0.2) is 34.2 Å². The average Bonchev–Trinajstić information content (AvgIpc) is 2.33. The van der Waals surface area contributed by atoms with Crippen LogP contribution in [0.25, 0.3) is 0 Å². The molecule has 0 atom stereocenters. The fourth-order valence-corrected chi connectivity index (χ4v) is 2.22. The number of nitrogens with one attached hydrogen (secondary N) is 1. The van der Waals surface area contributed by atoms with E-state index in [4.69, 9.17) is 5.84 Å². The van der Waals surface area contributed by atoms with Gasteiger partial charge in [0.05, 0.1) is 0 Å². The van der Waals surface area contributed by atoms with Crippen molar-refractivity contribution in [1.82, 2.24) is 9.97 Å². The molecule has 1 aromatic carbocycles. The van der Waals surface area contributed by atoms with Crippen molar-refractivity contribution in [3.05, 3.63) is 41.7 Å². The summed E-state index contributed by atoms with van der Waals surface area (Å²) in [5.41, 5.74) is 2.42. The van der Waals surface area contributed by atoms with Crippen molar-refractivity contribution in [3.63, 3.8) is 0 Å². The molecule has 1 heterocycles. The van der Waals surface area contributed by atoms with Gasteiger partial charge in [0.15, 0.2) is 11.6 Å². The predicted octanol–water partition coefficient (Wildman–Crippen LogP) is 2.50. The molecule has 1 aromatic heterocycles. The summed E-state index contributed by atoms with van der Waals surface area (Å²) >= 11 is 1.20. The Bertz CT molecular complexity index is 577. The maximum atomic E-state index is 13.1. The Kier molecular flexibility index (Phi) is 3.73. The van der Waals surface area contributed by atoms with Crippen LogP contribution >= 0.6 is 11.8 Å². The van der Waals surface area contributed by atoms with E-state index in [-0.39, 0.29) is 0 Å². The summed E-state index contributed by atoms with van der Waals surface area (Å²) in [6, 6.07) is 5.30. The number of aromatic nitrogens is 2. The average molecular weight is 268 g/mol. The summed E-state index contributed by atoms with van der Waals surface area (Å²) in [5, 5.41) is 0.599. The first-order chi connectivity index (χ1) is 8.58. The molecule has 0 bridgehead atoms. The zero-order chi connectivity index (χ0) is 13.1. The first-order valence-electron chi connectivity index (χ1n) is 5.03. The second-order valence-corrected chi connectivity index (χ2v) is 4.55. The summed E-state index contributed by atoms with van der Waals surface area (Å²) in [4.78, 5) is 8.75. The minimum absolute atomic E-state index is 0.465. The molecule has 0 saturated heterocycles. The number of nitrogen functional groups attached to an aromatic ring is 1. The normalized spacial score (nSPS) is 10.4. The number of nitrogens with two attached hydrogens (primary N) is 1. The number of halogens is 2. The summed E-state index contributed by atoms with van der Waals surface area (Å²) < 4.78 is 25.8. The van der Waals surface area contributed by atoms with Gasteiger partial charge in [0, 0.05) is 11.0 Å². The van der Waals surface area contributed by atoms with Crippen molar-refractivity contribution in [2.75, 3.05) is 5.43 Å². The zero-order valence-corrected chi connectivity index (χ0v) is 10.3. The lowest BCUT2D eigenvalue weighted by atomic mass is 10.3. The number of anilines is 1. The molecule has 0 aliphatic heterocycles. The maximum Gasteiger partial charge on any atom is 0.159 e. The second kappa shape index (κ2) is 5.28. The van der Waals surface area contributed by atoms with E-state index in [1.54, 1.807) is 13.0 Å². The molecule has 18 heavy (non-hydrogen) atoms. The molecule has 2 aromatic rings.